The summed E-state index contributed by atoms with van der Waals surface area (Å²) in [6, 6.07) is 1.15. The summed E-state index contributed by atoms with van der Waals surface area (Å²) in [5.74, 6) is 0. The van der Waals surface area contributed by atoms with Crippen molar-refractivity contribution >= 4 is 0 Å². The highest BCUT2D eigenvalue weighted by molar-refractivity contribution is 5.07. The van der Waals surface area contributed by atoms with Gasteiger partial charge in [0.15, 0.2) is 0 Å². The standard InChI is InChI=1S/C14H25N3/c1-3-7-12(4-2)17-11-15-10-14(17)13-8-5-6-9-16-13/h10-13,16H,3-9H2,1-2H3. The quantitative estimate of drug-likeness (QED) is 0.847. The van der Waals surface area contributed by atoms with Crippen LogP contribution in [0, 0.1) is 0 Å². The second-order valence-electron chi connectivity index (χ2n) is 5.08. The minimum absolute atomic E-state index is 0.525. The van der Waals surface area contributed by atoms with Gasteiger partial charge < -0.3 is 9.88 Å². The van der Waals surface area contributed by atoms with Crippen LogP contribution < -0.4 is 5.32 Å². The molecule has 0 bridgehead atoms. The van der Waals surface area contributed by atoms with Crippen molar-refractivity contribution in [2.45, 2.75) is 64.5 Å². The van der Waals surface area contributed by atoms with E-state index in [1.54, 1.807) is 0 Å². The number of nitrogens with zero attached hydrogens (tertiary/aromatic N) is 2. The average molecular weight is 235 g/mol. The van der Waals surface area contributed by atoms with Crippen LogP contribution in [0.4, 0.5) is 0 Å². The van der Waals surface area contributed by atoms with Crippen molar-refractivity contribution in [3.05, 3.63) is 18.2 Å². The van der Waals surface area contributed by atoms with Gasteiger partial charge in [-0.25, -0.2) is 4.98 Å². The Bertz CT molecular complexity index is 307. The fourth-order valence-electron chi connectivity index (χ4n) is 2.87. The molecule has 0 aliphatic carbocycles. The molecular formula is C14H25N3. The lowest BCUT2D eigenvalue weighted by Gasteiger charge is -2.27. The molecule has 0 aromatic carbocycles. The van der Waals surface area contributed by atoms with E-state index in [0.717, 1.165) is 6.54 Å². The maximum atomic E-state index is 4.37. The molecule has 2 heterocycles. The molecular weight excluding hydrogens is 210 g/mol. The van der Waals surface area contributed by atoms with Gasteiger partial charge in [0.2, 0.25) is 0 Å². The zero-order chi connectivity index (χ0) is 12.1. The Labute approximate surface area is 105 Å². The van der Waals surface area contributed by atoms with E-state index in [0.29, 0.717) is 12.1 Å². The SMILES string of the molecule is CCCC(CC)n1cncc1C1CCCCN1. The van der Waals surface area contributed by atoms with Gasteiger partial charge in [0, 0.05) is 18.3 Å². The Morgan fingerprint density at radius 2 is 2.35 bits per heavy atom. The zero-order valence-electron chi connectivity index (χ0n) is 11.2. The van der Waals surface area contributed by atoms with Crippen molar-refractivity contribution in [1.29, 1.82) is 0 Å². The van der Waals surface area contributed by atoms with Crippen molar-refractivity contribution in [2.24, 2.45) is 0 Å². The predicted molar refractivity (Wildman–Crippen MR) is 71.1 cm³/mol. The predicted octanol–water partition coefficient (Wildman–Crippen LogP) is 3.45. The van der Waals surface area contributed by atoms with E-state index in [2.05, 4.69) is 34.9 Å². The number of aromatic nitrogens is 2. The van der Waals surface area contributed by atoms with Crippen molar-refractivity contribution in [3.63, 3.8) is 0 Å². The van der Waals surface area contributed by atoms with E-state index in [1.807, 2.05) is 6.33 Å². The lowest BCUT2D eigenvalue weighted by atomic mass is 10.0. The molecule has 0 saturated carbocycles. The van der Waals surface area contributed by atoms with E-state index >= 15 is 0 Å². The van der Waals surface area contributed by atoms with Gasteiger partial charge in [0.1, 0.15) is 0 Å². The molecule has 1 saturated heterocycles. The molecule has 1 aliphatic heterocycles. The Balaban J connectivity index is 2.14. The summed E-state index contributed by atoms with van der Waals surface area (Å²) in [5, 5.41) is 3.62. The van der Waals surface area contributed by atoms with Gasteiger partial charge in [-0.2, -0.15) is 0 Å². The van der Waals surface area contributed by atoms with Crippen LogP contribution >= 0.6 is 0 Å². The lowest BCUT2D eigenvalue weighted by molar-refractivity contribution is 0.365. The van der Waals surface area contributed by atoms with Gasteiger partial charge in [-0.1, -0.05) is 26.7 Å². The maximum Gasteiger partial charge on any atom is 0.0951 e. The molecule has 0 radical (unpaired) electrons. The van der Waals surface area contributed by atoms with Gasteiger partial charge in [0.05, 0.1) is 12.0 Å². The Morgan fingerprint density at radius 3 is 3.00 bits per heavy atom. The van der Waals surface area contributed by atoms with Gasteiger partial charge >= 0.3 is 0 Å². The molecule has 2 unspecified atom stereocenters. The van der Waals surface area contributed by atoms with Crippen LogP contribution in [-0.2, 0) is 0 Å². The van der Waals surface area contributed by atoms with Gasteiger partial charge in [-0.05, 0) is 32.2 Å². The molecule has 1 fully saturated rings. The monoisotopic (exact) mass is 235 g/mol. The summed E-state index contributed by atoms with van der Waals surface area (Å²) >= 11 is 0. The second-order valence-corrected chi connectivity index (χ2v) is 5.08. The molecule has 0 amide bonds. The van der Waals surface area contributed by atoms with Crippen LogP contribution in [0.2, 0.25) is 0 Å². The number of piperidine rings is 1. The number of hydrogen-bond acceptors (Lipinski definition) is 2. The van der Waals surface area contributed by atoms with Crippen molar-refractivity contribution in [1.82, 2.24) is 14.9 Å². The van der Waals surface area contributed by atoms with Crippen LogP contribution in [0.3, 0.4) is 0 Å². The zero-order valence-corrected chi connectivity index (χ0v) is 11.2. The number of imidazole rings is 1. The van der Waals surface area contributed by atoms with Gasteiger partial charge in [0.25, 0.3) is 0 Å². The highest BCUT2D eigenvalue weighted by atomic mass is 15.1. The van der Waals surface area contributed by atoms with E-state index < -0.39 is 0 Å². The number of hydrogen-bond donors (Lipinski definition) is 1. The van der Waals surface area contributed by atoms with Crippen molar-refractivity contribution in [3.8, 4) is 0 Å². The third-order valence-electron chi connectivity index (χ3n) is 3.85. The summed E-state index contributed by atoms with van der Waals surface area (Å²) in [5.41, 5.74) is 1.39. The van der Waals surface area contributed by atoms with Crippen LogP contribution in [-0.4, -0.2) is 16.1 Å². The molecule has 3 heteroatoms. The van der Waals surface area contributed by atoms with Crippen molar-refractivity contribution in [2.75, 3.05) is 6.54 Å². The molecule has 1 aromatic rings. The van der Waals surface area contributed by atoms with Gasteiger partial charge in [-0.3, -0.25) is 0 Å². The molecule has 1 N–H and O–H groups in total. The molecule has 96 valence electrons. The topological polar surface area (TPSA) is 29.9 Å². The highest BCUT2D eigenvalue weighted by Crippen LogP contribution is 2.27. The van der Waals surface area contributed by atoms with E-state index in [9.17, 15) is 0 Å². The Hall–Kier alpha value is -0.830. The van der Waals surface area contributed by atoms with Crippen LogP contribution in [0.25, 0.3) is 0 Å². The first-order chi connectivity index (χ1) is 8.36. The summed E-state index contributed by atoms with van der Waals surface area (Å²) in [6.07, 6.45) is 11.7. The van der Waals surface area contributed by atoms with E-state index in [4.69, 9.17) is 0 Å². The summed E-state index contributed by atoms with van der Waals surface area (Å²) in [7, 11) is 0. The molecule has 1 aliphatic rings. The van der Waals surface area contributed by atoms with E-state index in [1.165, 1.54) is 44.2 Å². The molecule has 1 aromatic heterocycles. The summed E-state index contributed by atoms with van der Waals surface area (Å²) in [6.45, 7) is 5.69. The first-order valence-electron chi connectivity index (χ1n) is 7.11. The normalized spacial score (nSPS) is 22.6. The summed E-state index contributed by atoms with van der Waals surface area (Å²) < 4.78 is 2.41. The fourth-order valence-corrected chi connectivity index (χ4v) is 2.87. The summed E-state index contributed by atoms with van der Waals surface area (Å²) in [4.78, 5) is 4.37. The third kappa shape index (κ3) is 2.89. The fraction of sp³-hybridized carbons (Fsp3) is 0.786. The number of rotatable bonds is 5. The van der Waals surface area contributed by atoms with Crippen molar-refractivity contribution < 1.29 is 0 Å². The minimum Gasteiger partial charge on any atom is -0.330 e. The first kappa shape index (κ1) is 12.6. The van der Waals surface area contributed by atoms with Crippen LogP contribution in [0.1, 0.15) is 70.2 Å². The third-order valence-corrected chi connectivity index (χ3v) is 3.85. The number of nitrogens with one attached hydrogen (secondary N) is 1. The largest absolute Gasteiger partial charge is 0.330 e. The van der Waals surface area contributed by atoms with Gasteiger partial charge in [-0.15, -0.1) is 0 Å². The second kappa shape index (κ2) is 6.20. The smallest absolute Gasteiger partial charge is 0.0951 e. The molecule has 0 spiro atoms. The Kier molecular flexibility index (Phi) is 4.60. The maximum absolute atomic E-state index is 4.37. The first-order valence-corrected chi connectivity index (χ1v) is 7.11. The van der Waals surface area contributed by atoms with Crippen LogP contribution in [0.5, 0.6) is 0 Å². The molecule has 3 nitrogen and oxygen atoms in total. The van der Waals surface area contributed by atoms with E-state index in [-0.39, 0.29) is 0 Å². The molecule has 17 heavy (non-hydrogen) atoms. The highest BCUT2D eigenvalue weighted by Gasteiger charge is 2.20. The minimum atomic E-state index is 0.525. The average Bonchev–Trinajstić information content (AvgIpc) is 2.86. The lowest BCUT2D eigenvalue weighted by Crippen LogP contribution is -2.29. The molecule has 2 atom stereocenters. The molecule has 2 rings (SSSR count). The Morgan fingerprint density at radius 1 is 1.47 bits per heavy atom. The van der Waals surface area contributed by atoms with Crippen LogP contribution in [0.15, 0.2) is 12.5 Å².